The van der Waals surface area contributed by atoms with E-state index in [1.165, 1.54) is 6.42 Å². The van der Waals surface area contributed by atoms with E-state index in [0.717, 1.165) is 12.8 Å². The van der Waals surface area contributed by atoms with Gasteiger partial charge in [0.1, 0.15) is 0 Å². The molecule has 0 spiro atoms. The highest BCUT2D eigenvalue weighted by Crippen LogP contribution is 2.31. The van der Waals surface area contributed by atoms with E-state index >= 15 is 0 Å². The number of aliphatic carboxylic acids is 1. The Balaban J connectivity index is 2.25. The van der Waals surface area contributed by atoms with Crippen LogP contribution < -0.4 is 5.32 Å². The van der Waals surface area contributed by atoms with Crippen molar-refractivity contribution < 1.29 is 14.7 Å². The van der Waals surface area contributed by atoms with E-state index in [2.05, 4.69) is 19.2 Å². The lowest BCUT2D eigenvalue weighted by Gasteiger charge is -2.17. The van der Waals surface area contributed by atoms with Crippen LogP contribution in [0.3, 0.4) is 0 Å². The number of hydrogen-bond acceptors (Lipinski definition) is 2. The standard InChI is InChI=1S/C15H27NO3/c1-10(2)5-4-6-11(3)16-14(17)12-7-8-13(9-12)15(18)19/h10-13H,4-9H2,1-3H3,(H,16,17)(H,18,19)/t11?,12-,13+/m1/s1. The Morgan fingerprint density at radius 1 is 1.16 bits per heavy atom. The van der Waals surface area contributed by atoms with Gasteiger partial charge in [-0.15, -0.1) is 0 Å². The molecular weight excluding hydrogens is 242 g/mol. The summed E-state index contributed by atoms with van der Waals surface area (Å²) in [6, 6.07) is 0.190. The predicted molar refractivity (Wildman–Crippen MR) is 74.8 cm³/mol. The average Bonchev–Trinajstić information content (AvgIpc) is 2.77. The van der Waals surface area contributed by atoms with Crippen LogP contribution in [0.2, 0.25) is 0 Å². The highest BCUT2D eigenvalue weighted by molar-refractivity contribution is 5.81. The second-order valence-corrected chi connectivity index (χ2v) is 6.28. The number of hydrogen-bond donors (Lipinski definition) is 2. The van der Waals surface area contributed by atoms with Gasteiger partial charge in [0.25, 0.3) is 0 Å². The molecule has 0 aliphatic heterocycles. The fraction of sp³-hybridized carbons (Fsp3) is 0.867. The topological polar surface area (TPSA) is 66.4 Å². The summed E-state index contributed by atoms with van der Waals surface area (Å²) in [5, 5.41) is 12.0. The predicted octanol–water partition coefficient (Wildman–Crippen LogP) is 2.82. The van der Waals surface area contributed by atoms with E-state index in [4.69, 9.17) is 5.11 Å². The fourth-order valence-corrected chi connectivity index (χ4v) is 2.71. The van der Waals surface area contributed by atoms with E-state index in [0.29, 0.717) is 25.2 Å². The summed E-state index contributed by atoms with van der Waals surface area (Å²) in [7, 11) is 0. The lowest BCUT2D eigenvalue weighted by atomic mass is 10.0. The second-order valence-electron chi connectivity index (χ2n) is 6.28. The molecule has 0 heterocycles. The van der Waals surface area contributed by atoms with Crippen molar-refractivity contribution in [1.29, 1.82) is 0 Å². The third kappa shape index (κ3) is 5.62. The van der Waals surface area contributed by atoms with Crippen molar-refractivity contribution in [3.8, 4) is 0 Å². The lowest BCUT2D eigenvalue weighted by Crippen LogP contribution is -2.36. The third-order valence-electron chi connectivity index (χ3n) is 3.96. The van der Waals surface area contributed by atoms with Gasteiger partial charge in [-0.25, -0.2) is 0 Å². The van der Waals surface area contributed by atoms with E-state index in [-0.39, 0.29) is 23.8 Å². The molecule has 1 aliphatic carbocycles. The van der Waals surface area contributed by atoms with Crippen LogP contribution in [0.25, 0.3) is 0 Å². The van der Waals surface area contributed by atoms with Crippen molar-refractivity contribution >= 4 is 11.9 Å². The maximum Gasteiger partial charge on any atom is 0.306 e. The largest absolute Gasteiger partial charge is 0.481 e. The van der Waals surface area contributed by atoms with Crippen LogP contribution >= 0.6 is 0 Å². The summed E-state index contributed by atoms with van der Waals surface area (Å²) >= 11 is 0. The van der Waals surface area contributed by atoms with Gasteiger partial charge in [-0.1, -0.05) is 26.7 Å². The minimum absolute atomic E-state index is 0.0424. The zero-order valence-electron chi connectivity index (χ0n) is 12.3. The third-order valence-corrected chi connectivity index (χ3v) is 3.96. The van der Waals surface area contributed by atoms with Crippen LogP contribution in [0.15, 0.2) is 0 Å². The van der Waals surface area contributed by atoms with E-state index < -0.39 is 5.97 Å². The Kier molecular flexibility index (Phi) is 6.32. The molecule has 1 fully saturated rings. The lowest BCUT2D eigenvalue weighted by molar-refractivity contribution is -0.141. The zero-order valence-corrected chi connectivity index (χ0v) is 12.3. The molecule has 19 heavy (non-hydrogen) atoms. The molecule has 4 nitrogen and oxygen atoms in total. The Hall–Kier alpha value is -1.06. The van der Waals surface area contributed by atoms with Crippen LogP contribution in [0.4, 0.5) is 0 Å². The van der Waals surface area contributed by atoms with Gasteiger partial charge in [0, 0.05) is 12.0 Å². The molecule has 1 saturated carbocycles. The van der Waals surface area contributed by atoms with Crippen molar-refractivity contribution in [3.63, 3.8) is 0 Å². The average molecular weight is 269 g/mol. The molecule has 1 rings (SSSR count). The quantitative estimate of drug-likeness (QED) is 0.747. The molecule has 0 bridgehead atoms. The summed E-state index contributed by atoms with van der Waals surface area (Å²) in [6.45, 7) is 6.43. The highest BCUT2D eigenvalue weighted by atomic mass is 16.4. The fourth-order valence-electron chi connectivity index (χ4n) is 2.71. The van der Waals surface area contributed by atoms with Crippen LogP contribution in [-0.2, 0) is 9.59 Å². The number of carboxylic acids is 1. The maximum atomic E-state index is 12.0. The summed E-state index contributed by atoms with van der Waals surface area (Å²) in [5.41, 5.74) is 0. The first-order chi connectivity index (χ1) is 8.90. The summed E-state index contributed by atoms with van der Waals surface area (Å²) < 4.78 is 0. The Labute approximate surface area is 116 Å². The van der Waals surface area contributed by atoms with Gasteiger partial charge in [0.2, 0.25) is 5.91 Å². The molecular formula is C15H27NO3. The molecule has 110 valence electrons. The van der Waals surface area contributed by atoms with Gasteiger partial charge in [-0.2, -0.15) is 0 Å². The molecule has 2 N–H and O–H groups in total. The Bertz CT molecular complexity index is 315. The Morgan fingerprint density at radius 3 is 2.32 bits per heavy atom. The number of rotatable bonds is 7. The maximum absolute atomic E-state index is 12.0. The number of carboxylic acid groups (broad SMARTS) is 1. The van der Waals surface area contributed by atoms with Crippen LogP contribution in [0.5, 0.6) is 0 Å². The highest BCUT2D eigenvalue weighted by Gasteiger charge is 2.33. The van der Waals surface area contributed by atoms with Crippen molar-refractivity contribution in [3.05, 3.63) is 0 Å². The molecule has 0 aromatic carbocycles. The smallest absolute Gasteiger partial charge is 0.306 e. The van der Waals surface area contributed by atoms with Crippen molar-refractivity contribution in [1.82, 2.24) is 5.32 Å². The van der Waals surface area contributed by atoms with E-state index in [1.807, 2.05) is 6.92 Å². The molecule has 0 aromatic heterocycles. The molecule has 1 unspecified atom stereocenters. The first kappa shape index (κ1) is 16.0. The van der Waals surface area contributed by atoms with E-state index in [9.17, 15) is 9.59 Å². The minimum Gasteiger partial charge on any atom is -0.481 e. The molecule has 4 heteroatoms. The van der Waals surface area contributed by atoms with Gasteiger partial charge in [0.15, 0.2) is 0 Å². The first-order valence-corrected chi connectivity index (χ1v) is 7.43. The first-order valence-electron chi connectivity index (χ1n) is 7.43. The van der Waals surface area contributed by atoms with Crippen LogP contribution in [0, 0.1) is 17.8 Å². The molecule has 1 amide bonds. The SMILES string of the molecule is CC(C)CCCC(C)NC(=O)[C@@H]1CC[C@H](C(=O)O)C1. The normalized spacial score (nSPS) is 24.4. The van der Waals surface area contributed by atoms with E-state index in [1.54, 1.807) is 0 Å². The molecule has 0 saturated heterocycles. The van der Waals surface area contributed by atoms with Gasteiger partial charge in [-0.05, 0) is 38.5 Å². The Morgan fingerprint density at radius 2 is 1.79 bits per heavy atom. The number of carbonyl (C=O) groups excluding carboxylic acids is 1. The van der Waals surface area contributed by atoms with Gasteiger partial charge in [-0.3, -0.25) is 9.59 Å². The van der Waals surface area contributed by atoms with Crippen molar-refractivity contribution in [2.24, 2.45) is 17.8 Å². The number of nitrogens with one attached hydrogen (secondary N) is 1. The summed E-state index contributed by atoms with van der Waals surface area (Å²) in [6.07, 6.45) is 5.15. The van der Waals surface area contributed by atoms with Crippen molar-refractivity contribution in [2.75, 3.05) is 0 Å². The van der Waals surface area contributed by atoms with Gasteiger partial charge in [0.05, 0.1) is 5.92 Å². The molecule has 3 atom stereocenters. The molecule has 0 radical (unpaired) electrons. The minimum atomic E-state index is -0.764. The van der Waals surface area contributed by atoms with Gasteiger partial charge < -0.3 is 10.4 Å². The van der Waals surface area contributed by atoms with Crippen molar-refractivity contribution in [2.45, 2.75) is 65.3 Å². The van der Waals surface area contributed by atoms with Gasteiger partial charge >= 0.3 is 5.97 Å². The number of amides is 1. The van der Waals surface area contributed by atoms with Crippen LogP contribution in [0.1, 0.15) is 59.3 Å². The van der Waals surface area contributed by atoms with Crippen LogP contribution in [-0.4, -0.2) is 23.0 Å². The number of carbonyl (C=O) groups is 2. The second kappa shape index (κ2) is 7.51. The summed E-state index contributed by atoms with van der Waals surface area (Å²) in [4.78, 5) is 22.9. The zero-order chi connectivity index (χ0) is 14.4. The molecule has 0 aromatic rings. The molecule has 1 aliphatic rings. The summed E-state index contributed by atoms with van der Waals surface area (Å²) in [5.74, 6) is -0.448. The monoisotopic (exact) mass is 269 g/mol.